The highest BCUT2D eigenvalue weighted by Crippen LogP contribution is 2.40. The van der Waals surface area contributed by atoms with Crippen LogP contribution in [0.15, 0.2) is 18.2 Å². The molecule has 84 valence electrons. The van der Waals surface area contributed by atoms with Gasteiger partial charge in [-0.25, -0.2) is 4.79 Å². The van der Waals surface area contributed by atoms with Crippen LogP contribution in [0.4, 0.5) is 5.69 Å². The number of rotatable bonds is 1. The van der Waals surface area contributed by atoms with Crippen LogP contribution in [-0.2, 0) is 0 Å². The molecule has 0 bridgehead atoms. The summed E-state index contributed by atoms with van der Waals surface area (Å²) in [6, 6.07) is 5.75. The van der Waals surface area contributed by atoms with Gasteiger partial charge in [0.1, 0.15) is 12.2 Å². The summed E-state index contributed by atoms with van der Waals surface area (Å²) in [7, 11) is 0. The molecule has 1 N–H and O–H groups in total. The van der Waals surface area contributed by atoms with E-state index in [2.05, 4.69) is 4.90 Å². The van der Waals surface area contributed by atoms with Gasteiger partial charge in [-0.15, -0.1) is 0 Å². The van der Waals surface area contributed by atoms with Crippen LogP contribution >= 0.6 is 0 Å². The molecule has 3 rings (SSSR count). The van der Waals surface area contributed by atoms with Crippen LogP contribution in [-0.4, -0.2) is 30.3 Å². The molecule has 1 aromatic carbocycles. The van der Waals surface area contributed by atoms with E-state index in [9.17, 15) is 4.79 Å². The predicted octanol–water partition coefficient (Wildman–Crippen LogP) is 1.75. The number of benzene rings is 1. The number of nitrogens with zero attached hydrogens (tertiary/aromatic N) is 1. The molecule has 0 amide bonds. The van der Waals surface area contributed by atoms with E-state index in [1.807, 2.05) is 6.07 Å². The zero-order chi connectivity index (χ0) is 11.1. The monoisotopic (exact) mass is 219 g/mol. The Labute approximate surface area is 93.4 Å². The Morgan fingerprint density at radius 1 is 1.50 bits per heavy atom. The molecule has 0 radical (unpaired) electrons. The normalized spacial score (nSPS) is 22.2. The van der Waals surface area contributed by atoms with Gasteiger partial charge in [0.15, 0.2) is 5.75 Å². The maximum absolute atomic E-state index is 11.1. The fraction of sp³-hybridized carbons (Fsp3) is 0.417. The third-order valence-corrected chi connectivity index (χ3v) is 3.33. The second kappa shape index (κ2) is 3.40. The first kappa shape index (κ1) is 9.51. The van der Waals surface area contributed by atoms with Crippen molar-refractivity contribution < 1.29 is 14.6 Å². The van der Waals surface area contributed by atoms with Crippen LogP contribution in [0.3, 0.4) is 0 Å². The lowest BCUT2D eigenvalue weighted by molar-refractivity contribution is 0.0691. The largest absolute Gasteiger partial charge is 0.488 e. The van der Waals surface area contributed by atoms with Gasteiger partial charge in [0.05, 0.1) is 11.7 Å². The minimum atomic E-state index is -0.922. The lowest BCUT2D eigenvalue weighted by atomic mass is 10.1. The van der Waals surface area contributed by atoms with Crippen LogP contribution in [0.1, 0.15) is 23.2 Å². The number of carboxylic acid groups (broad SMARTS) is 1. The molecule has 1 atom stereocenters. The number of hydrogen-bond donors (Lipinski definition) is 1. The summed E-state index contributed by atoms with van der Waals surface area (Å²) < 4.78 is 5.61. The fourth-order valence-corrected chi connectivity index (χ4v) is 2.58. The number of carbonyl (C=O) groups is 1. The molecule has 4 nitrogen and oxygen atoms in total. The SMILES string of the molecule is O=C(O)c1cccc2c1OCC1CCCN21. The molecule has 2 aliphatic heterocycles. The summed E-state index contributed by atoms with van der Waals surface area (Å²) in [6.07, 6.45) is 2.29. The van der Waals surface area contributed by atoms with Crippen molar-refractivity contribution >= 4 is 11.7 Å². The van der Waals surface area contributed by atoms with E-state index < -0.39 is 5.97 Å². The number of carboxylic acids is 1. The summed E-state index contributed by atoms with van der Waals surface area (Å²) in [4.78, 5) is 13.3. The molecule has 4 heteroatoms. The van der Waals surface area contributed by atoms with Crippen LogP contribution in [0.2, 0.25) is 0 Å². The van der Waals surface area contributed by atoms with Gasteiger partial charge in [0.2, 0.25) is 0 Å². The highest BCUT2D eigenvalue weighted by atomic mass is 16.5. The molecule has 2 aliphatic rings. The van der Waals surface area contributed by atoms with Crippen LogP contribution in [0, 0.1) is 0 Å². The Bertz CT molecular complexity index is 444. The van der Waals surface area contributed by atoms with Gasteiger partial charge in [-0.3, -0.25) is 0 Å². The summed E-state index contributed by atoms with van der Waals surface area (Å²) in [5, 5.41) is 9.08. The molecular weight excluding hydrogens is 206 g/mol. The number of ether oxygens (including phenoxy) is 1. The Hall–Kier alpha value is -1.71. The average Bonchev–Trinajstić information content (AvgIpc) is 2.76. The van der Waals surface area contributed by atoms with Crippen molar-refractivity contribution in [1.82, 2.24) is 0 Å². The second-order valence-corrected chi connectivity index (χ2v) is 4.26. The van der Waals surface area contributed by atoms with Crippen LogP contribution in [0.5, 0.6) is 5.75 Å². The number of fused-ring (bicyclic) bond motifs is 3. The molecule has 0 spiro atoms. The van der Waals surface area contributed by atoms with E-state index in [4.69, 9.17) is 9.84 Å². The molecule has 0 saturated carbocycles. The molecular formula is C12H13NO3. The molecule has 0 aromatic heterocycles. The number of anilines is 1. The summed E-state index contributed by atoms with van der Waals surface area (Å²) in [5.74, 6) is -0.386. The first-order valence-corrected chi connectivity index (χ1v) is 5.53. The smallest absolute Gasteiger partial charge is 0.339 e. The van der Waals surface area contributed by atoms with Gasteiger partial charge in [-0.1, -0.05) is 6.07 Å². The highest BCUT2D eigenvalue weighted by molar-refractivity contribution is 5.93. The highest BCUT2D eigenvalue weighted by Gasteiger charge is 2.33. The van der Waals surface area contributed by atoms with Crippen molar-refractivity contribution in [3.8, 4) is 5.75 Å². The summed E-state index contributed by atoms with van der Waals surface area (Å²) in [6.45, 7) is 1.61. The topological polar surface area (TPSA) is 49.8 Å². The first-order chi connectivity index (χ1) is 7.77. The van der Waals surface area contributed by atoms with E-state index in [-0.39, 0.29) is 5.56 Å². The van der Waals surface area contributed by atoms with Gasteiger partial charge in [-0.2, -0.15) is 0 Å². The Balaban J connectivity index is 2.10. The molecule has 16 heavy (non-hydrogen) atoms. The van der Waals surface area contributed by atoms with Gasteiger partial charge < -0.3 is 14.7 Å². The van der Waals surface area contributed by atoms with Crippen molar-refractivity contribution in [2.75, 3.05) is 18.1 Å². The van der Waals surface area contributed by atoms with Crippen LogP contribution < -0.4 is 9.64 Å². The minimum Gasteiger partial charge on any atom is -0.488 e. The maximum atomic E-state index is 11.1. The van der Waals surface area contributed by atoms with Gasteiger partial charge in [0, 0.05) is 6.54 Å². The number of hydrogen-bond acceptors (Lipinski definition) is 3. The zero-order valence-corrected chi connectivity index (χ0v) is 8.85. The zero-order valence-electron chi connectivity index (χ0n) is 8.85. The number of para-hydroxylation sites is 1. The van der Waals surface area contributed by atoms with E-state index in [0.717, 1.165) is 25.1 Å². The standard InChI is InChI=1S/C12H13NO3/c14-12(15)9-4-1-5-10-11(9)16-7-8-3-2-6-13(8)10/h1,4-5,8H,2-3,6-7H2,(H,14,15). The van der Waals surface area contributed by atoms with E-state index in [1.54, 1.807) is 12.1 Å². The van der Waals surface area contributed by atoms with E-state index >= 15 is 0 Å². The van der Waals surface area contributed by atoms with Gasteiger partial charge in [0.25, 0.3) is 0 Å². The molecule has 1 aromatic rings. The Kier molecular flexibility index (Phi) is 2.02. The lowest BCUT2D eigenvalue weighted by Gasteiger charge is -2.34. The van der Waals surface area contributed by atoms with Gasteiger partial charge in [-0.05, 0) is 25.0 Å². The molecule has 1 unspecified atom stereocenters. The van der Waals surface area contributed by atoms with E-state index in [1.165, 1.54) is 0 Å². The molecule has 2 heterocycles. The number of aromatic carboxylic acids is 1. The third kappa shape index (κ3) is 1.26. The maximum Gasteiger partial charge on any atom is 0.339 e. The molecule has 0 aliphatic carbocycles. The Morgan fingerprint density at radius 3 is 3.19 bits per heavy atom. The van der Waals surface area contributed by atoms with Crippen molar-refractivity contribution in [2.24, 2.45) is 0 Å². The van der Waals surface area contributed by atoms with Crippen molar-refractivity contribution in [1.29, 1.82) is 0 Å². The van der Waals surface area contributed by atoms with Gasteiger partial charge >= 0.3 is 5.97 Å². The van der Waals surface area contributed by atoms with Crippen LogP contribution in [0.25, 0.3) is 0 Å². The third-order valence-electron chi connectivity index (χ3n) is 3.33. The first-order valence-electron chi connectivity index (χ1n) is 5.53. The summed E-state index contributed by atoms with van der Waals surface area (Å²) >= 11 is 0. The van der Waals surface area contributed by atoms with Crippen molar-refractivity contribution in [2.45, 2.75) is 18.9 Å². The minimum absolute atomic E-state index is 0.267. The molecule has 1 fully saturated rings. The fourth-order valence-electron chi connectivity index (χ4n) is 2.58. The summed E-state index contributed by atoms with van der Waals surface area (Å²) in [5.41, 5.74) is 1.21. The van der Waals surface area contributed by atoms with E-state index in [0.29, 0.717) is 18.4 Å². The van der Waals surface area contributed by atoms with Crippen molar-refractivity contribution in [3.63, 3.8) is 0 Å². The van der Waals surface area contributed by atoms with Crippen molar-refractivity contribution in [3.05, 3.63) is 23.8 Å². The predicted molar refractivity (Wildman–Crippen MR) is 59.3 cm³/mol. The average molecular weight is 219 g/mol. The lowest BCUT2D eigenvalue weighted by Crippen LogP contribution is -2.38. The Morgan fingerprint density at radius 2 is 2.38 bits per heavy atom. The second-order valence-electron chi connectivity index (χ2n) is 4.26. The molecule has 1 saturated heterocycles. The quantitative estimate of drug-likeness (QED) is 0.781.